The topological polar surface area (TPSA) is 46.5 Å². The Morgan fingerprint density at radius 1 is 1.04 bits per heavy atom. The maximum Gasteiger partial charge on any atom is 0.345 e. The minimum Gasteiger partial charge on any atom is -0.478 e. The summed E-state index contributed by atoms with van der Waals surface area (Å²) in [5.41, 5.74) is 4.58. The molecule has 0 aliphatic rings. The lowest BCUT2D eigenvalue weighted by molar-refractivity contribution is -0.145. The van der Waals surface area contributed by atoms with Gasteiger partial charge in [-0.2, -0.15) is 0 Å². The largest absolute Gasteiger partial charge is 0.478 e. The third kappa shape index (κ3) is 4.60. The summed E-state index contributed by atoms with van der Waals surface area (Å²) in [7, 11) is 0. The Kier molecular flexibility index (Phi) is 5.33. The van der Waals surface area contributed by atoms with Crippen molar-refractivity contribution >= 4 is 5.97 Å². The molecular weight excluding hydrogens is 300 g/mol. The van der Waals surface area contributed by atoms with Gasteiger partial charge in [-0.3, -0.25) is 0 Å². The molecule has 0 aliphatic heterocycles. The molecule has 0 radical (unpaired) electrons. The zero-order valence-electron chi connectivity index (χ0n) is 15.1. The molecule has 0 spiro atoms. The van der Waals surface area contributed by atoms with Crippen molar-refractivity contribution in [1.82, 2.24) is 0 Å². The van der Waals surface area contributed by atoms with E-state index in [1.807, 2.05) is 56.3 Å². The van der Waals surface area contributed by atoms with Crippen molar-refractivity contribution in [3.63, 3.8) is 0 Å². The van der Waals surface area contributed by atoms with Gasteiger partial charge in [-0.25, -0.2) is 4.79 Å². The summed E-state index contributed by atoms with van der Waals surface area (Å²) < 4.78 is 5.72. The first kappa shape index (κ1) is 18.1. The summed E-state index contributed by atoms with van der Waals surface area (Å²) in [6.07, 6.45) is -0.551. The van der Waals surface area contributed by atoms with Crippen LogP contribution in [0.1, 0.15) is 43.0 Å². The molecule has 1 unspecified atom stereocenters. The van der Waals surface area contributed by atoms with Crippen LogP contribution in [0.2, 0.25) is 0 Å². The Labute approximate surface area is 144 Å². The molecule has 0 bridgehead atoms. The molecule has 2 rings (SSSR count). The van der Waals surface area contributed by atoms with Crippen molar-refractivity contribution in [3.05, 3.63) is 64.7 Å². The van der Waals surface area contributed by atoms with E-state index in [0.29, 0.717) is 12.2 Å². The zero-order chi connectivity index (χ0) is 17.9. The normalized spacial score (nSPS) is 12.7. The number of hydrogen-bond donors (Lipinski definition) is 1. The van der Waals surface area contributed by atoms with Crippen molar-refractivity contribution < 1.29 is 14.6 Å². The molecule has 0 heterocycles. The van der Waals surface area contributed by atoms with Crippen LogP contribution in [0.25, 0.3) is 0 Å². The fourth-order valence-corrected chi connectivity index (χ4v) is 2.52. The first-order valence-corrected chi connectivity index (χ1v) is 8.23. The number of carboxylic acid groups (broad SMARTS) is 1. The van der Waals surface area contributed by atoms with Crippen LogP contribution in [0, 0.1) is 13.8 Å². The fourth-order valence-electron chi connectivity index (χ4n) is 2.52. The third-order valence-corrected chi connectivity index (χ3v) is 4.27. The standard InChI is InChI=1S/C21H26O3/c1-14-6-7-16(12-15(14)2)13-19(20(22)23)24-18-10-8-17(9-11-18)21(3,4)5/h6-12,19H,13H2,1-5H3,(H,22,23). The van der Waals surface area contributed by atoms with Crippen LogP contribution >= 0.6 is 0 Å². The summed E-state index contributed by atoms with van der Waals surface area (Å²) in [4.78, 5) is 11.6. The van der Waals surface area contributed by atoms with Crippen molar-refractivity contribution in [2.45, 2.75) is 52.6 Å². The highest BCUT2D eigenvalue weighted by molar-refractivity contribution is 5.73. The first-order valence-electron chi connectivity index (χ1n) is 8.23. The van der Waals surface area contributed by atoms with Gasteiger partial charge in [0.05, 0.1) is 0 Å². The summed E-state index contributed by atoms with van der Waals surface area (Å²) >= 11 is 0. The maximum absolute atomic E-state index is 11.6. The van der Waals surface area contributed by atoms with E-state index in [0.717, 1.165) is 11.1 Å². The van der Waals surface area contributed by atoms with Gasteiger partial charge < -0.3 is 9.84 Å². The van der Waals surface area contributed by atoms with Gasteiger partial charge in [0.25, 0.3) is 0 Å². The Balaban J connectivity index is 2.13. The van der Waals surface area contributed by atoms with Gasteiger partial charge in [-0.1, -0.05) is 51.1 Å². The number of benzene rings is 2. The molecule has 0 saturated carbocycles. The molecule has 0 aromatic heterocycles. The van der Waals surface area contributed by atoms with Crippen LogP contribution in [-0.4, -0.2) is 17.2 Å². The number of aliphatic carboxylic acids is 1. The quantitative estimate of drug-likeness (QED) is 0.868. The molecule has 1 N–H and O–H groups in total. The number of carbonyl (C=O) groups is 1. The second kappa shape index (κ2) is 7.08. The molecule has 3 nitrogen and oxygen atoms in total. The van der Waals surface area contributed by atoms with Crippen molar-refractivity contribution in [1.29, 1.82) is 0 Å². The van der Waals surface area contributed by atoms with Gasteiger partial charge in [-0.05, 0) is 53.6 Å². The second-order valence-corrected chi connectivity index (χ2v) is 7.34. The Morgan fingerprint density at radius 3 is 2.17 bits per heavy atom. The van der Waals surface area contributed by atoms with Gasteiger partial charge >= 0.3 is 5.97 Å². The van der Waals surface area contributed by atoms with E-state index in [4.69, 9.17) is 4.74 Å². The summed E-state index contributed by atoms with van der Waals surface area (Å²) in [5, 5.41) is 9.48. The van der Waals surface area contributed by atoms with E-state index in [2.05, 4.69) is 20.8 Å². The molecule has 0 aliphatic carbocycles. The predicted molar refractivity (Wildman–Crippen MR) is 96.8 cm³/mol. The van der Waals surface area contributed by atoms with Crippen LogP contribution in [0.3, 0.4) is 0 Å². The van der Waals surface area contributed by atoms with Gasteiger partial charge in [0.2, 0.25) is 0 Å². The minimum absolute atomic E-state index is 0.0597. The lowest BCUT2D eigenvalue weighted by Crippen LogP contribution is -2.29. The molecule has 2 aromatic carbocycles. The predicted octanol–water partition coefficient (Wildman–Crippen LogP) is 4.68. The van der Waals surface area contributed by atoms with Crippen molar-refractivity contribution in [3.8, 4) is 5.75 Å². The fraction of sp³-hybridized carbons (Fsp3) is 0.381. The van der Waals surface area contributed by atoms with E-state index in [9.17, 15) is 9.90 Å². The van der Waals surface area contributed by atoms with Crippen LogP contribution in [0.5, 0.6) is 5.75 Å². The SMILES string of the molecule is Cc1ccc(CC(Oc2ccc(C(C)(C)C)cc2)C(=O)O)cc1C. The van der Waals surface area contributed by atoms with Crippen LogP contribution in [-0.2, 0) is 16.6 Å². The molecule has 1 atom stereocenters. The van der Waals surface area contributed by atoms with E-state index in [1.54, 1.807) is 0 Å². The monoisotopic (exact) mass is 326 g/mol. The van der Waals surface area contributed by atoms with Crippen LogP contribution in [0.15, 0.2) is 42.5 Å². The molecule has 0 fully saturated rings. The first-order chi connectivity index (χ1) is 11.2. The average Bonchev–Trinajstić information content (AvgIpc) is 2.50. The Bertz CT molecular complexity index is 709. The van der Waals surface area contributed by atoms with Crippen LogP contribution in [0.4, 0.5) is 0 Å². The molecule has 24 heavy (non-hydrogen) atoms. The Morgan fingerprint density at radius 2 is 1.67 bits per heavy atom. The van der Waals surface area contributed by atoms with E-state index < -0.39 is 12.1 Å². The molecule has 2 aromatic rings. The lowest BCUT2D eigenvalue weighted by Gasteiger charge is -2.20. The van der Waals surface area contributed by atoms with Gasteiger partial charge in [-0.15, -0.1) is 0 Å². The number of aryl methyl sites for hydroxylation is 2. The highest BCUT2D eigenvalue weighted by atomic mass is 16.5. The van der Waals surface area contributed by atoms with E-state index in [1.165, 1.54) is 11.1 Å². The van der Waals surface area contributed by atoms with Crippen molar-refractivity contribution in [2.24, 2.45) is 0 Å². The molecule has 0 saturated heterocycles. The molecule has 0 amide bonds. The summed E-state index contributed by atoms with van der Waals surface area (Å²) in [6, 6.07) is 13.7. The average molecular weight is 326 g/mol. The minimum atomic E-state index is -0.951. The second-order valence-electron chi connectivity index (χ2n) is 7.34. The number of carboxylic acids is 1. The zero-order valence-corrected chi connectivity index (χ0v) is 15.1. The highest BCUT2D eigenvalue weighted by Crippen LogP contribution is 2.25. The summed E-state index contributed by atoms with van der Waals surface area (Å²) in [6.45, 7) is 10.5. The van der Waals surface area contributed by atoms with E-state index in [-0.39, 0.29) is 5.41 Å². The van der Waals surface area contributed by atoms with Gasteiger partial charge in [0, 0.05) is 6.42 Å². The highest BCUT2D eigenvalue weighted by Gasteiger charge is 2.21. The van der Waals surface area contributed by atoms with Gasteiger partial charge in [0.1, 0.15) is 5.75 Å². The third-order valence-electron chi connectivity index (χ3n) is 4.27. The molecule has 128 valence electrons. The van der Waals surface area contributed by atoms with Crippen LogP contribution < -0.4 is 4.74 Å². The van der Waals surface area contributed by atoms with Crippen molar-refractivity contribution in [2.75, 3.05) is 0 Å². The smallest absolute Gasteiger partial charge is 0.345 e. The summed E-state index contributed by atoms with van der Waals surface area (Å²) in [5.74, 6) is -0.368. The van der Waals surface area contributed by atoms with Gasteiger partial charge in [0.15, 0.2) is 6.10 Å². The Hall–Kier alpha value is -2.29. The van der Waals surface area contributed by atoms with E-state index >= 15 is 0 Å². The number of ether oxygens (including phenoxy) is 1. The molecule has 3 heteroatoms. The molecular formula is C21H26O3. The number of rotatable bonds is 5. The lowest BCUT2D eigenvalue weighted by atomic mass is 9.87. The number of hydrogen-bond acceptors (Lipinski definition) is 2. The maximum atomic E-state index is 11.6.